The molecule has 9 heteroatoms. The number of hydrogen-bond acceptors (Lipinski definition) is 7. The second kappa shape index (κ2) is 11.7. The molecule has 0 heterocycles. The number of ether oxygens (including phenoxy) is 3. The molecule has 11 atom stereocenters. The first-order chi connectivity index (χ1) is 20.9. The van der Waals surface area contributed by atoms with Crippen LogP contribution < -0.4 is 0 Å². The Morgan fingerprint density at radius 1 is 0.889 bits per heavy atom. The summed E-state index contributed by atoms with van der Waals surface area (Å²) < 4.78 is 17.1. The van der Waals surface area contributed by atoms with Gasteiger partial charge < -0.3 is 19.3 Å². The van der Waals surface area contributed by atoms with E-state index in [4.69, 9.17) is 37.4 Å². The van der Waals surface area contributed by atoms with Crippen LogP contribution in [-0.4, -0.2) is 59.7 Å². The number of carbonyl (C=O) groups is 3. The summed E-state index contributed by atoms with van der Waals surface area (Å²) >= 11 is 11.8. The van der Waals surface area contributed by atoms with Crippen molar-refractivity contribution in [3.05, 3.63) is 11.6 Å². The Bertz CT molecular complexity index is 1250. The van der Waals surface area contributed by atoms with Gasteiger partial charge in [0.25, 0.3) is 0 Å². The summed E-state index contributed by atoms with van der Waals surface area (Å²) in [6.07, 6.45) is 8.41. The molecule has 7 nitrogen and oxygen atoms in total. The summed E-state index contributed by atoms with van der Waals surface area (Å²) in [7, 11) is 1.46. The summed E-state index contributed by atoms with van der Waals surface area (Å²) in [6, 6.07) is 0. The molecule has 5 rings (SSSR count). The fourth-order valence-corrected chi connectivity index (χ4v) is 12.2. The highest BCUT2D eigenvalue weighted by atomic mass is 35.5. The highest BCUT2D eigenvalue weighted by Gasteiger charge is 2.71. The van der Waals surface area contributed by atoms with Crippen LogP contribution in [0.15, 0.2) is 11.6 Å². The average Bonchev–Trinajstić information content (AvgIpc) is 2.97. The maximum atomic E-state index is 12.8. The minimum absolute atomic E-state index is 0.104. The predicted molar refractivity (Wildman–Crippen MR) is 174 cm³/mol. The van der Waals surface area contributed by atoms with E-state index >= 15 is 0 Å². The minimum Gasteiger partial charge on any atom is -0.469 e. The molecule has 0 aliphatic heterocycles. The predicted octanol–water partition coefficient (Wildman–Crippen LogP) is 7.23. The van der Waals surface area contributed by atoms with Gasteiger partial charge in [0.05, 0.1) is 19.1 Å². The van der Waals surface area contributed by atoms with Crippen LogP contribution in [0.2, 0.25) is 0 Å². The first kappa shape index (κ1) is 35.0. The molecule has 5 aliphatic carbocycles. The molecule has 0 amide bonds. The Balaban J connectivity index is 1.60. The van der Waals surface area contributed by atoms with Gasteiger partial charge in [-0.1, -0.05) is 53.2 Å². The van der Waals surface area contributed by atoms with Gasteiger partial charge in [0.1, 0.15) is 24.0 Å². The number of alkyl halides is 2. The third kappa shape index (κ3) is 5.10. The summed E-state index contributed by atoms with van der Waals surface area (Å²) in [5.74, 6) is -1.33. The summed E-state index contributed by atoms with van der Waals surface area (Å²) in [5.41, 5.74) is -0.960. The van der Waals surface area contributed by atoms with Crippen molar-refractivity contribution in [2.45, 2.75) is 124 Å². The van der Waals surface area contributed by atoms with Crippen molar-refractivity contribution in [1.29, 1.82) is 0 Å². The molecule has 3 unspecified atom stereocenters. The van der Waals surface area contributed by atoms with Crippen LogP contribution in [0.3, 0.4) is 0 Å². The van der Waals surface area contributed by atoms with Crippen molar-refractivity contribution in [3.63, 3.8) is 0 Å². The second-order valence-electron chi connectivity index (χ2n) is 16.7. The fraction of sp³-hybridized carbons (Fsp3) is 0.861. The molecule has 0 aromatic rings. The van der Waals surface area contributed by atoms with Crippen LogP contribution in [0.25, 0.3) is 0 Å². The van der Waals surface area contributed by atoms with E-state index in [-0.39, 0.29) is 63.1 Å². The zero-order valence-corrected chi connectivity index (χ0v) is 30.0. The van der Waals surface area contributed by atoms with Crippen LogP contribution in [0, 0.1) is 50.7 Å². The monoisotopic (exact) mass is 668 g/mol. The smallest absolute Gasteiger partial charge is 0.321 e. The van der Waals surface area contributed by atoms with E-state index in [1.807, 2.05) is 6.92 Å². The molecule has 0 spiro atoms. The summed E-state index contributed by atoms with van der Waals surface area (Å²) in [5, 5.41) is 12.3. The number of carbonyl (C=O) groups excluding carboxylic acids is 3. The molecule has 4 fully saturated rings. The number of aliphatic hydroxyl groups is 1. The van der Waals surface area contributed by atoms with E-state index in [9.17, 15) is 19.5 Å². The maximum Gasteiger partial charge on any atom is 0.321 e. The molecule has 0 aromatic heterocycles. The van der Waals surface area contributed by atoms with Gasteiger partial charge in [-0.3, -0.25) is 14.4 Å². The molecule has 0 saturated heterocycles. The molecule has 254 valence electrons. The van der Waals surface area contributed by atoms with E-state index < -0.39 is 35.2 Å². The van der Waals surface area contributed by atoms with Gasteiger partial charge in [0.15, 0.2) is 0 Å². The Morgan fingerprint density at radius 3 is 2.16 bits per heavy atom. The number of allylic oxidation sites excluding steroid dienone is 1. The van der Waals surface area contributed by atoms with Crippen molar-refractivity contribution in [1.82, 2.24) is 0 Å². The molecule has 0 bridgehead atoms. The van der Waals surface area contributed by atoms with E-state index in [0.717, 1.165) is 44.9 Å². The van der Waals surface area contributed by atoms with Crippen molar-refractivity contribution in [3.8, 4) is 0 Å². The SMILES string of the molecule is COC(=O)C[C@]12CC[C@@H](C)[C@@](C)(O)C1C1=CCC3[C@@]4(C)C[C@@H](OC(=O)CCl)[C@H](OC(=O)CCl)C(C)(C)C4CC[C@@]3(C)[C@]1(C)CC2. The topological polar surface area (TPSA) is 99.1 Å². The number of hydrogen-bond donors (Lipinski definition) is 1. The third-order valence-corrected chi connectivity index (χ3v) is 15.0. The Morgan fingerprint density at radius 2 is 1.53 bits per heavy atom. The molecule has 4 saturated carbocycles. The molecule has 1 N–H and O–H groups in total. The number of esters is 3. The average molecular weight is 670 g/mol. The van der Waals surface area contributed by atoms with Gasteiger partial charge in [-0.25, -0.2) is 0 Å². The first-order valence-corrected chi connectivity index (χ1v) is 18.0. The Hall–Kier alpha value is -1.31. The lowest BCUT2D eigenvalue weighted by Gasteiger charge is -2.72. The lowest BCUT2D eigenvalue weighted by molar-refractivity contribution is -0.246. The van der Waals surface area contributed by atoms with Crippen molar-refractivity contribution >= 4 is 41.1 Å². The quantitative estimate of drug-likeness (QED) is 0.138. The number of fused-ring (bicyclic) bond motifs is 7. The van der Waals surface area contributed by atoms with Crippen molar-refractivity contribution in [2.24, 2.45) is 50.7 Å². The third-order valence-electron chi connectivity index (χ3n) is 14.6. The van der Waals surface area contributed by atoms with Gasteiger partial charge in [0, 0.05) is 11.3 Å². The van der Waals surface area contributed by atoms with Gasteiger partial charge in [-0.15, -0.1) is 23.2 Å². The summed E-state index contributed by atoms with van der Waals surface area (Å²) in [4.78, 5) is 38.0. The van der Waals surface area contributed by atoms with Crippen LogP contribution in [0.5, 0.6) is 0 Å². The zero-order valence-electron chi connectivity index (χ0n) is 28.5. The highest BCUT2D eigenvalue weighted by Crippen LogP contribution is 2.76. The normalized spacial score (nSPS) is 46.7. The van der Waals surface area contributed by atoms with E-state index in [1.54, 1.807) is 0 Å². The Labute approximate surface area is 279 Å². The number of rotatable bonds is 6. The number of halogens is 2. The zero-order chi connectivity index (χ0) is 33.4. The summed E-state index contributed by atoms with van der Waals surface area (Å²) in [6.45, 7) is 15.6. The molecular formula is C36H54Cl2O7. The molecule has 0 radical (unpaired) electrons. The molecule has 0 aromatic carbocycles. The second-order valence-corrected chi connectivity index (χ2v) is 17.3. The van der Waals surface area contributed by atoms with E-state index in [1.165, 1.54) is 12.7 Å². The molecule has 5 aliphatic rings. The lowest BCUT2D eigenvalue weighted by atomic mass is 9.32. The van der Waals surface area contributed by atoms with Crippen LogP contribution >= 0.6 is 23.2 Å². The van der Waals surface area contributed by atoms with E-state index in [2.05, 4.69) is 47.6 Å². The van der Waals surface area contributed by atoms with Gasteiger partial charge in [-0.05, 0) is 97.7 Å². The van der Waals surface area contributed by atoms with Crippen LogP contribution in [0.4, 0.5) is 0 Å². The largest absolute Gasteiger partial charge is 0.469 e. The standard InChI is InChI=1S/C36H54Cl2O7/c1-21-11-14-36(18-26(39)43-8)16-15-33(5)22(29(36)35(21,7)42)9-10-25-32(4)17-23(44-27(40)19-37)30(45-28(41)20-38)31(2,3)24(32)12-13-34(25,33)6/h9,21,23-25,29-30,42H,10-20H2,1-8H3/t21-,23-,24?,25?,29?,30+,32+,33-,34-,35-,36-/m1/s1. The fourth-order valence-electron chi connectivity index (χ4n) is 12.1. The van der Waals surface area contributed by atoms with Gasteiger partial charge in [0.2, 0.25) is 0 Å². The Kier molecular flexibility index (Phi) is 9.09. The highest BCUT2D eigenvalue weighted by molar-refractivity contribution is 6.26. The van der Waals surface area contributed by atoms with Crippen molar-refractivity contribution < 1.29 is 33.7 Å². The van der Waals surface area contributed by atoms with Crippen molar-refractivity contribution in [2.75, 3.05) is 18.9 Å². The number of methoxy groups -OCH3 is 1. The minimum atomic E-state index is -0.947. The first-order valence-electron chi connectivity index (χ1n) is 16.9. The van der Waals surface area contributed by atoms with Crippen LogP contribution in [-0.2, 0) is 28.6 Å². The maximum absolute atomic E-state index is 12.8. The molecular weight excluding hydrogens is 615 g/mol. The van der Waals surface area contributed by atoms with E-state index in [0.29, 0.717) is 12.8 Å². The van der Waals surface area contributed by atoms with Gasteiger partial charge in [-0.2, -0.15) is 0 Å². The van der Waals surface area contributed by atoms with Crippen LogP contribution in [0.1, 0.15) is 106 Å². The van der Waals surface area contributed by atoms with Gasteiger partial charge >= 0.3 is 17.9 Å². The molecule has 45 heavy (non-hydrogen) atoms. The lowest BCUT2D eigenvalue weighted by Crippen LogP contribution is -2.68.